The summed E-state index contributed by atoms with van der Waals surface area (Å²) in [5.41, 5.74) is 22.0. The molecule has 0 saturated heterocycles. The van der Waals surface area contributed by atoms with Crippen LogP contribution in [0.5, 0.6) is 0 Å². The number of para-hydroxylation sites is 2. The molecule has 2 nitrogen and oxygen atoms in total. The minimum absolute atomic E-state index is 0.600. The molecule has 11 aromatic carbocycles. The Morgan fingerprint density at radius 2 is 0.696 bits per heavy atom. The summed E-state index contributed by atoms with van der Waals surface area (Å²) in [5, 5.41) is 10.1. The highest BCUT2D eigenvalue weighted by Gasteiger charge is 2.48. The molecule has 13 aromatic rings. The second kappa shape index (κ2) is 14.8. The molecule has 326 valence electrons. The first-order valence-corrected chi connectivity index (χ1v) is 24.2. The minimum Gasteiger partial charge on any atom is -0.344 e. The Bertz CT molecular complexity index is 4050. The van der Waals surface area contributed by atoms with Gasteiger partial charge >= 0.3 is 0 Å². The number of benzene rings is 11. The van der Waals surface area contributed by atoms with Gasteiger partial charge in [0, 0.05) is 57.7 Å². The van der Waals surface area contributed by atoms with Crippen LogP contribution in [0.4, 0.5) is 0 Å². The van der Waals surface area contributed by atoms with E-state index in [2.05, 4.69) is 255 Å². The molecular weight excluding hydrogens is 833 g/mol. The highest BCUT2D eigenvalue weighted by atomic mass is 14.9. The Hall–Kier alpha value is -8.46. The van der Waals surface area contributed by atoms with Gasteiger partial charge in [-0.1, -0.05) is 199 Å². The number of hydrogen-bond acceptors (Lipinski definition) is 0. The van der Waals surface area contributed by atoms with Gasteiger partial charge in [-0.2, -0.15) is 0 Å². The maximum absolute atomic E-state index is 2.53. The molecule has 69 heavy (non-hydrogen) atoms. The smallest absolute Gasteiger partial charge is 0.0719 e. The van der Waals surface area contributed by atoms with Crippen molar-refractivity contribution in [3.63, 3.8) is 0 Å². The number of aromatic nitrogens is 2. The molecule has 0 N–H and O–H groups in total. The largest absolute Gasteiger partial charge is 0.344 e. The zero-order chi connectivity index (χ0) is 46.1. The van der Waals surface area contributed by atoms with E-state index in [0.29, 0.717) is 0 Å². The summed E-state index contributed by atoms with van der Waals surface area (Å²) >= 11 is 0. The van der Waals surface area contributed by atoms with Crippen molar-refractivity contribution in [2.45, 2.75) is 19.3 Å². The van der Waals surface area contributed by atoms with E-state index in [4.69, 9.17) is 0 Å². The summed E-state index contributed by atoms with van der Waals surface area (Å²) in [5.74, 6) is 0. The van der Waals surface area contributed by atoms with Gasteiger partial charge in [-0.3, -0.25) is 0 Å². The molecule has 2 aromatic heterocycles. The number of aryl methyl sites for hydroxylation is 4. The predicted octanol–water partition coefficient (Wildman–Crippen LogP) is 17.3. The van der Waals surface area contributed by atoms with E-state index in [1.54, 1.807) is 0 Å². The average molecular weight is 881 g/mol. The monoisotopic (exact) mass is 880 g/mol. The van der Waals surface area contributed by atoms with Gasteiger partial charge in [-0.05, 0) is 132 Å². The fraction of sp³-hybridized carbons (Fsp3) is 0.0746. The zero-order valence-corrected chi connectivity index (χ0v) is 39.2. The van der Waals surface area contributed by atoms with Crippen molar-refractivity contribution in [2.75, 3.05) is 0 Å². The fourth-order valence-corrected chi connectivity index (χ4v) is 12.7. The van der Waals surface area contributed by atoms with Crippen molar-refractivity contribution < 1.29 is 0 Å². The van der Waals surface area contributed by atoms with Crippen molar-refractivity contribution >= 4 is 65.2 Å². The number of nitrogens with zero attached hydrogens (tertiary/aromatic N) is 2. The normalized spacial score (nSPS) is 13.0. The summed E-state index contributed by atoms with van der Waals surface area (Å²) < 4.78 is 4.70. The van der Waals surface area contributed by atoms with Gasteiger partial charge in [-0.15, -0.1) is 0 Å². The predicted molar refractivity (Wildman–Crippen MR) is 293 cm³/mol. The van der Waals surface area contributed by atoms with E-state index >= 15 is 0 Å². The Balaban J connectivity index is 1.17. The molecule has 0 aliphatic heterocycles. The lowest BCUT2D eigenvalue weighted by atomic mass is 9.65. The van der Waals surface area contributed by atoms with Crippen molar-refractivity contribution in [2.24, 2.45) is 14.1 Å². The van der Waals surface area contributed by atoms with Crippen LogP contribution in [0.15, 0.2) is 218 Å². The van der Waals surface area contributed by atoms with Crippen LogP contribution in [0.3, 0.4) is 0 Å². The topological polar surface area (TPSA) is 9.86 Å². The van der Waals surface area contributed by atoms with Crippen LogP contribution in [-0.4, -0.2) is 9.13 Å². The summed E-state index contributed by atoms with van der Waals surface area (Å²) in [7, 11) is 4.40. The lowest BCUT2D eigenvalue weighted by Gasteiger charge is -2.36. The zero-order valence-electron chi connectivity index (χ0n) is 39.2. The molecule has 0 bridgehead atoms. The lowest BCUT2D eigenvalue weighted by molar-refractivity contribution is 0.769. The van der Waals surface area contributed by atoms with E-state index in [-0.39, 0.29) is 0 Å². The summed E-state index contributed by atoms with van der Waals surface area (Å²) in [6.45, 7) is 4.39. The second-order valence-corrected chi connectivity index (χ2v) is 19.4. The minimum atomic E-state index is -0.600. The highest BCUT2D eigenvalue weighted by Crippen LogP contribution is 2.60. The molecule has 0 unspecified atom stereocenters. The van der Waals surface area contributed by atoms with E-state index in [1.807, 2.05) is 0 Å². The van der Waals surface area contributed by atoms with Crippen LogP contribution in [0.25, 0.3) is 110 Å². The SMILES string of the molecule is Cc1ccc(C2(c3ccc(C)cc3)c3ccccc3-c3cccc(-c4c5cccc(-c6cccc7c6c6ccccc6n7C)c5cc5c(-c6cccc7c6c6ccccc6n7C)cccc45)c32)cc1. The van der Waals surface area contributed by atoms with Crippen LogP contribution in [0.2, 0.25) is 0 Å². The molecule has 0 amide bonds. The van der Waals surface area contributed by atoms with E-state index in [1.165, 1.54) is 143 Å². The Morgan fingerprint density at radius 3 is 1.25 bits per heavy atom. The van der Waals surface area contributed by atoms with Crippen LogP contribution in [-0.2, 0) is 19.5 Å². The molecular formula is C67H48N2. The summed E-state index contributed by atoms with van der Waals surface area (Å²) in [4.78, 5) is 0. The second-order valence-electron chi connectivity index (χ2n) is 19.4. The lowest BCUT2D eigenvalue weighted by Crippen LogP contribution is -2.29. The standard InChI is InChI=1S/C67H48N2/c1-41-32-36-43(37-33-41)67(44-38-34-42(2)35-39-44)58-27-8-5-16-47(58)52-25-13-26-55(66(52)67)63-50-21-11-19-45(48-23-14-30-61-64(48)53-17-6-9-28-59(53)68(61)3)56(50)40-57-46(20-12-22-51(57)63)49-24-15-31-62-65(49)54-18-7-10-29-60(54)69(62)4/h5-40H,1-4H3. The number of fused-ring (bicyclic) bond motifs is 11. The van der Waals surface area contributed by atoms with Crippen LogP contribution in [0, 0.1) is 13.8 Å². The van der Waals surface area contributed by atoms with Crippen molar-refractivity contribution in [3.8, 4) is 44.5 Å². The molecule has 0 spiro atoms. The molecule has 0 fully saturated rings. The molecule has 0 saturated carbocycles. The van der Waals surface area contributed by atoms with Crippen LogP contribution >= 0.6 is 0 Å². The van der Waals surface area contributed by atoms with Crippen LogP contribution < -0.4 is 0 Å². The van der Waals surface area contributed by atoms with E-state index < -0.39 is 5.41 Å². The van der Waals surface area contributed by atoms with Gasteiger partial charge < -0.3 is 9.13 Å². The first kappa shape index (κ1) is 39.7. The average Bonchev–Trinajstić information content (AvgIpc) is 3.99. The Morgan fingerprint density at radius 1 is 0.304 bits per heavy atom. The molecule has 0 radical (unpaired) electrons. The van der Waals surface area contributed by atoms with Crippen molar-refractivity contribution in [1.29, 1.82) is 0 Å². The van der Waals surface area contributed by atoms with Gasteiger partial charge in [0.25, 0.3) is 0 Å². The maximum Gasteiger partial charge on any atom is 0.0719 e. The van der Waals surface area contributed by atoms with E-state index in [9.17, 15) is 0 Å². The molecule has 2 heterocycles. The van der Waals surface area contributed by atoms with Gasteiger partial charge in [0.15, 0.2) is 0 Å². The maximum atomic E-state index is 2.53. The Labute approximate surface area is 402 Å². The molecule has 1 aliphatic carbocycles. The molecule has 0 atom stereocenters. The molecule has 1 aliphatic rings. The fourth-order valence-electron chi connectivity index (χ4n) is 12.7. The first-order chi connectivity index (χ1) is 33.9. The van der Waals surface area contributed by atoms with Crippen LogP contribution in [0.1, 0.15) is 33.4 Å². The summed E-state index contributed by atoms with van der Waals surface area (Å²) in [6.07, 6.45) is 0. The summed E-state index contributed by atoms with van der Waals surface area (Å²) in [6, 6.07) is 83.0. The molecule has 2 heteroatoms. The third-order valence-corrected chi connectivity index (χ3v) is 15.8. The Kier molecular flexibility index (Phi) is 8.49. The third-order valence-electron chi connectivity index (χ3n) is 15.8. The van der Waals surface area contributed by atoms with Gasteiger partial charge in [0.1, 0.15) is 0 Å². The van der Waals surface area contributed by atoms with Crippen molar-refractivity contribution in [1.82, 2.24) is 9.13 Å². The van der Waals surface area contributed by atoms with Gasteiger partial charge in [0.05, 0.1) is 5.41 Å². The number of hydrogen-bond donors (Lipinski definition) is 0. The molecule has 14 rings (SSSR count). The quantitative estimate of drug-likeness (QED) is 0.152. The number of rotatable bonds is 5. The van der Waals surface area contributed by atoms with Gasteiger partial charge in [0.2, 0.25) is 0 Å². The van der Waals surface area contributed by atoms with Gasteiger partial charge in [-0.25, -0.2) is 0 Å². The van der Waals surface area contributed by atoms with Crippen molar-refractivity contribution in [3.05, 3.63) is 252 Å². The first-order valence-electron chi connectivity index (χ1n) is 24.2. The van der Waals surface area contributed by atoms with E-state index in [0.717, 1.165) is 0 Å². The highest BCUT2D eigenvalue weighted by molar-refractivity contribution is 6.25. The third kappa shape index (κ3) is 5.43.